The average molecular weight is 295 g/mol. The van der Waals surface area contributed by atoms with Crippen LogP contribution in [0, 0.1) is 13.0 Å². The number of methoxy groups -OCH3 is 2. The summed E-state index contributed by atoms with van der Waals surface area (Å²) in [4.78, 5) is 4.21. The largest absolute Gasteiger partial charge is 0.354 e. The second kappa shape index (κ2) is 9.00. The number of rotatable bonds is 5. The third-order valence-electron chi connectivity index (χ3n) is 2.00. The van der Waals surface area contributed by atoms with Crippen LogP contribution in [-0.2, 0) is 42.2 Å². The van der Waals surface area contributed by atoms with Gasteiger partial charge in [-0.2, -0.15) is 0 Å². The summed E-state index contributed by atoms with van der Waals surface area (Å²) in [6.07, 6.45) is 1.50. The van der Waals surface area contributed by atoms with Gasteiger partial charge in [0.1, 0.15) is 0 Å². The number of benzene rings is 1. The van der Waals surface area contributed by atoms with Crippen molar-refractivity contribution in [1.29, 1.82) is 0 Å². The van der Waals surface area contributed by atoms with Crippen molar-refractivity contribution in [3.63, 3.8) is 0 Å². The number of aryl methyl sites for hydroxylation is 1. The molecule has 0 aliphatic carbocycles. The Morgan fingerprint density at radius 2 is 2.06 bits per heavy atom. The minimum absolute atomic E-state index is 0. The second-order valence-corrected chi connectivity index (χ2v) is 3.22. The molecule has 4 heteroatoms. The SMILES string of the molecule is COC(CN=Cc1[c-]cc(C)cc1)OC.[Y]. The zero-order chi connectivity index (χ0) is 11.1. The molecule has 0 amide bonds. The normalized spacial score (nSPS) is 10.8. The summed E-state index contributed by atoms with van der Waals surface area (Å²) in [5.41, 5.74) is 2.16. The molecule has 85 valence electrons. The molecule has 1 aromatic rings. The molecule has 1 aromatic carbocycles. The van der Waals surface area contributed by atoms with Gasteiger partial charge >= 0.3 is 0 Å². The first-order valence-electron chi connectivity index (χ1n) is 4.80. The Labute approximate surface area is 122 Å². The number of aliphatic imine (C=N–C) groups is 1. The summed E-state index contributed by atoms with van der Waals surface area (Å²) in [6, 6.07) is 9.06. The third-order valence-corrected chi connectivity index (χ3v) is 2.00. The molecular formula is C12H16NO2Y-. The van der Waals surface area contributed by atoms with Gasteiger partial charge in [-0.1, -0.05) is 13.1 Å². The Hall–Kier alpha value is -0.0861. The van der Waals surface area contributed by atoms with Gasteiger partial charge in [-0.25, -0.2) is 0 Å². The molecule has 0 fully saturated rings. The van der Waals surface area contributed by atoms with E-state index in [0.29, 0.717) is 6.54 Å². The van der Waals surface area contributed by atoms with E-state index in [1.165, 1.54) is 5.56 Å². The molecule has 1 rings (SSSR count). The van der Waals surface area contributed by atoms with Crippen molar-refractivity contribution in [1.82, 2.24) is 0 Å². The number of hydrogen-bond acceptors (Lipinski definition) is 3. The average Bonchev–Trinajstić information content (AvgIpc) is 2.27. The predicted octanol–water partition coefficient (Wildman–Crippen LogP) is 1.83. The third kappa shape index (κ3) is 5.85. The molecule has 0 heterocycles. The van der Waals surface area contributed by atoms with E-state index in [2.05, 4.69) is 11.1 Å². The fourth-order valence-electron chi connectivity index (χ4n) is 1.08. The van der Waals surface area contributed by atoms with Crippen LogP contribution >= 0.6 is 0 Å². The van der Waals surface area contributed by atoms with Crippen LogP contribution in [0.1, 0.15) is 11.1 Å². The van der Waals surface area contributed by atoms with Gasteiger partial charge in [0.15, 0.2) is 6.29 Å². The molecule has 1 radical (unpaired) electrons. The van der Waals surface area contributed by atoms with Gasteiger partial charge in [0, 0.05) is 46.9 Å². The van der Waals surface area contributed by atoms with Gasteiger partial charge in [-0.15, -0.1) is 35.4 Å². The molecular weight excluding hydrogens is 279 g/mol. The van der Waals surface area contributed by atoms with Crippen molar-refractivity contribution >= 4 is 6.21 Å². The number of ether oxygens (including phenoxy) is 2. The second-order valence-electron chi connectivity index (χ2n) is 3.22. The topological polar surface area (TPSA) is 30.8 Å². The smallest absolute Gasteiger partial charge is 0.175 e. The van der Waals surface area contributed by atoms with Crippen LogP contribution in [0.4, 0.5) is 0 Å². The maximum absolute atomic E-state index is 5.01. The van der Waals surface area contributed by atoms with Crippen LogP contribution in [0.2, 0.25) is 0 Å². The Morgan fingerprint density at radius 1 is 1.38 bits per heavy atom. The van der Waals surface area contributed by atoms with Crippen molar-refractivity contribution in [2.45, 2.75) is 13.2 Å². The van der Waals surface area contributed by atoms with Crippen LogP contribution < -0.4 is 0 Å². The van der Waals surface area contributed by atoms with Crippen LogP contribution in [0.25, 0.3) is 0 Å². The number of nitrogens with zero attached hydrogens (tertiary/aromatic N) is 1. The molecule has 3 nitrogen and oxygen atoms in total. The Balaban J connectivity index is 0.00000225. The van der Waals surface area contributed by atoms with E-state index < -0.39 is 0 Å². The van der Waals surface area contributed by atoms with Gasteiger partial charge in [0.05, 0.1) is 6.54 Å². The summed E-state index contributed by atoms with van der Waals surface area (Å²) in [6.45, 7) is 2.53. The zero-order valence-corrected chi connectivity index (χ0v) is 12.8. The van der Waals surface area contributed by atoms with Gasteiger partial charge in [-0.05, 0) is 0 Å². The van der Waals surface area contributed by atoms with E-state index in [4.69, 9.17) is 9.47 Å². The quantitative estimate of drug-likeness (QED) is 0.471. The zero-order valence-electron chi connectivity index (χ0n) is 9.93. The Kier molecular flexibility index (Phi) is 8.95. The summed E-state index contributed by atoms with van der Waals surface area (Å²) < 4.78 is 10.0. The van der Waals surface area contributed by atoms with Crippen LogP contribution in [-0.4, -0.2) is 33.3 Å². The molecule has 16 heavy (non-hydrogen) atoms. The van der Waals surface area contributed by atoms with E-state index in [1.54, 1.807) is 20.4 Å². The maximum atomic E-state index is 5.01. The van der Waals surface area contributed by atoms with E-state index in [0.717, 1.165) is 5.56 Å². The molecule has 0 aromatic heterocycles. The fourth-order valence-corrected chi connectivity index (χ4v) is 1.08. The summed E-state index contributed by atoms with van der Waals surface area (Å²) in [5, 5.41) is 0. The summed E-state index contributed by atoms with van der Waals surface area (Å²) in [5.74, 6) is 0. The van der Waals surface area contributed by atoms with Gasteiger partial charge in [-0.3, -0.25) is 0 Å². The first kappa shape index (κ1) is 15.9. The van der Waals surface area contributed by atoms with E-state index in [9.17, 15) is 0 Å². The summed E-state index contributed by atoms with van der Waals surface area (Å²) >= 11 is 0. The standard InChI is InChI=1S/C12H16NO2.Y/c1-10-4-6-11(7-5-10)8-13-9-12(14-2)15-3;/h4-6,8,12H,9H2,1-3H3;/q-1;. The molecule has 0 saturated carbocycles. The molecule has 0 spiro atoms. The molecule has 0 aliphatic heterocycles. The minimum atomic E-state index is -0.272. The van der Waals surface area contributed by atoms with Crippen molar-refractivity contribution in [2.24, 2.45) is 4.99 Å². The van der Waals surface area contributed by atoms with Crippen molar-refractivity contribution < 1.29 is 42.2 Å². The molecule has 0 N–H and O–H groups in total. The number of hydrogen-bond donors (Lipinski definition) is 0. The van der Waals surface area contributed by atoms with Crippen LogP contribution in [0.15, 0.2) is 23.2 Å². The summed E-state index contributed by atoms with van der Waals surface area (Å²) in [7, 11) is 3.20. The minimum Gasteiger partial charge on any atom is -0.354 e. The fraction of sp³-hybridized carbons (Fsp3) is 0.417. The predicted molar refractivity (Wildman–Crippen MR) is 60.3 cm³/mol. The van der Waals surface area contributed by atoms with Crippen LogP contribution in [0.5, 0.6) is 0 Å². The first-order valence-corrected chi connectivity index (χ1v) is 4.80. The van der Waals surface area contributed by atoms with E-state index >= 15 is 0 Å². The molecule has 0 atom stereocenters. The first-order chi connectivity index (χ1) is 7.26. The monoisotopic (exact) mass is 295 g/mol. The maximum Gasteiger partial charge on any atom is 0.175 e. The van der Waals surface area contributed by atoms with Gasteiger partial charge in [0.25, 0.3) is 0 Å². The van der Waals surface area contributed by atoms with Crippen LogP contribution in [0.3, 0.4) is 0 Å². The van der Waals surface area contributed by atoms with Gasteiger partial charge in [0.2, 0.25) is 0 Å². The van der Waals surface area contributed by atoms with Gasteiger partial charge < -0.3 is 14.5 Å². The molecule has 0 saturated heterocycles. The van der Waals surface area contributed by atoms with Crippen molar-refractivity contribution in [3.8, 4) is 0 Å². The Bertz CT molecular complexity index is 307. The molecule has 0 unspecified atom stereocenters. The van der Waals surface area contributed by atoms with E-state index in [1.807, 2.05) is 25.1 Å². The molecule has 0 aliphatic rings. The molecule has 0 bridgehead atoms. The Morgan fingerprint density at radius 3 is 2.56 bits per heavy atom. The van der Waals surface area contributed by atoms with Crippen molar-refractivity contribution in [2.75, 3.05) is 20.8 Å². The van der Waals surface area contributed by atoms with E-state index in [-0.39, 0.29) is 39.0 Å². The van der Waals surface area contributed by atoms with Crippen molar-refractivity contribution in [3.05, 3.63) is 35.4 Å².